The molecule has 7 heteroatoms. The van der Waals surface area contributed by atoms with E-state index in [1.807, 2.05) is 0 Å². The molecule has 0 aromatic heterocycles. The van der Waals surface area contributed by atoms with E-state index in [2.05, 4.69) is 0 Å². The summed E-state index contributed by atoms with van der Waals surface area (Å²) in [6.07, 6.45) is 0. The minimum atomic E-state index is 0. The van der Waals surface area contributed by atoms with Crippen LogP contribution in [0.2, 0.25) is 0 Å². The first-order valence-electron chi connectivity index (χ1n) is 0.408. The second-order valence-corrected chi connectivity index (χ2v) is 0. The van der Waals surface area contributed by atoms with Gasteiger partial charge < -0.3 is 0 Å². The van der Waals surface area contributed by atoms with E-state index in [0.717, 1.165) is 0 Å². The Kier molecular flexibility index (Phi) is 253. The average molecular weight is 535 g/mol. The van der Waals surface area contributed by atoms with Crippen LogP contribution >= 0.6 is 0 Å². The van der Waals surface area contributed by atoms with E-state index in [1.165, 1.54) is 0 Å². The fourth-order valence-electron chi connectivity index (χ4n) is 0. The van der Waals surface area contributed by atoms with Crippen LogP contribution in [0.4, 0.5) is 0 Å². The van der Waals surface area contributed by atoms with Gasteiger partial charge in [0.25, 0.3) is 0 Å². The fraction of sp³-hybridized carbons (Fsp3) is 0. The van der Waals surface area contributed by atoms with E-state index in [1.54, 1.807) is 0 Å². The molecule has 0 saturated heterocycles. The Bertz CT molecular complexity index is 15.7. The average Bonchev–Trinajstić information content (AvgIpc) is 1.50. The third kappa shape index (κ3) is 43.9. The summed E-state index contributed by atoms with van der Waals surface area (Å²) in [5.74, 6) is 0. The zero-order chi connectivity index (χ0) is 4.00. The zero-order valence-corrected chi connectivity index (χ0v) is 7.52. The molecule has 0 aliphatic carbocycles. The predicted molar refractivity (Wildman–Crippen MR) is 42.7 cm³/mol. The molecule has 0 aromatic rings. The first-order valence-corrected chi connectivity index (χ1v) is 2.74. The van der Waals surface area contributed by atoms with E-state index < -0.39 is 0 Å². The van der Waals surface area contributed by atoms with Gasteiger partial charge >= 0.3 is 103 Å². The van der Waals surface area contributed by atoms with Gasteiger partial charge in [-0.15, -0.1) is 0 Å². The summed E-state index contributed by atoms with van der Waals surface area (Å²) in [5.41, 5.74) is 0. The molecule has 0 bridgehead atoms. The van der Waals surface area contributed by atoms with Crippen LogP contribution in [-0.4, -0.2) is 114 Å². The van der Waals surface area contributed by atoms with Gasteiger partial charge in [-0.2, -0.15) is 0 Å². The molecule has 0 saturated carbocycles. The summed E-state index contributed by atoms with van der Waals surface area (Å²) in [4.78, 5) is 0. The fourth-order valence-corrected chi connectivity index (χ4v) is 0. The van der Waals surface area contributed by atoms with Crippen LogP contribution < -0.4 is 0 Å². The molecule has 4 radical (unpaired) electrons. The van der Waals surface area contributed by atoms with Crippen LogP contribution in [-0.2, 0) is 6.15 Å². The van der Waals surface area contributed by atoms with Crippen LogP contribution in [0.1, 0.15) is 0 Å². The molecule has 0 atom stereocenters. The Morgan fingerprint density at radius 2 is 0.714 bits per heavy atom. The van der Waals surface area contributed by atoms with Crippen LogP contribution in [0.25, 0.3) is 0 Å². The Morgan fingerprint density at radius 1 is 0.714 bits per heavy atom. The molecule has 7 heavy (non-hydrogen) atoms. The molecule has 2 nitrogen and oxygen atoms in total. The van der Waals surface area contributed by atoms with E-state index >= 15 is 0 Å². The van der Waals surface area contributed by atoms with Crippen LogP contribution in [0.3, 0.4) is 0 Å². The Hall–Kier alpha value is 3.47. The molecule has 0 rings (SSSR count). The second kappa shape index (κ2) is 56.4. The third-order valence-corrected chi connectivity index (χ3v) is 0. The first-order chi connectivity index (χ1) is 2.00. The van der Waals surface area contributed by atoms with Gasteiger partial charge in [0, 0.05) is 0 Å². The number of hydrogen-bond donors (Lipinski definition) is 0. The van der Waals surface area contributed by atoms with Crippen LogP contribution in [0.5, 0.6) is 0 Å². The second-order valence-electron chi connectivity index (χ2n) is 0. The van der Waals surface area contributed by atoms with Crippen molar-refractivity contribution in [2.45, 2.75) is 0 Å². The van der Waals surface area contributed by atoms with E-state index in [4.69, 9.17) is 6.15 Å². The van der Waals surface area contributed by atoms with E-state index in [9.17, 15) is 0 Å². The summed E-state index contributed by atoms with van der Waals surface area (Å²) in [6, 6.07) is 0. The van der Waals surface area contributed by atoms with Crippen molar-refractivity contribution >= 4 is 114 Å². The molecule has 0 aromatic carbocycles. The molecular formula is H9AlIn2O2Sn2. The van der Waals surface area contributed by atoms with Gasteiger partial charge in [0.1, 0.15) is 0 Å². The van der Waals surface area contributed by atoms with Gasteiger partial charge in [-0.05, 0) is 0 Å². The number of hydrogen-bond acceptors (Lipinski definition) is 2. The Labute approximate surface area is 118 Å². The Morgan fingerprint density at radius 3 is 0.714 bits per heavy atom. The topological polar surface area (TPSA) is 34.1 Å². The molecule has 0 amide bonds. The van der Waals surface area contributed by atoms with Crippen molar-refractivity contribution in [2.75, 3.05) is 0 Å². The summed E-state index contributed by atoms with van der Waals surface area (Å²) in [7, 11) is 0. The standard InChI is InChI=1S/Al.2In.2O.2Sn.9H. The van der Waals surface area contributed by atoms with Crippen LogP contribution in [0.15, 0.2) is 0 Å². The van der Waals surface area contributed by atoms with E-state index in [-0.39, 0.29) is 69.0 Å². The molecule has 0 aliphatic rings. The van der Waals surface area contributed by atoms with Crippen molar-refractivity contribution in [3.05, 3.63) is 0 Å². The van der Waals surface area contributed by atoms with Gasteiger partial charge in [0.2, 0.25) is 0 Å². The molecule has 0 N–H and O–H groups in total. The van der Waals surface area contributed by atoms with Crippen LogP contribution in [0, 0.1) is 0 Å². The van der Waals surface area contributed by atoms with Crippen molar-refractivity contribution in [1.82, 2.24) is 0 Å². The molecule has 38 valence electrons. The maximum absolute atomic E-state index is 8.34. The maximum atomic E-state index is 8.34. The van der Waals surface area contributed by atoms with Gasteiger partial charge in [-0.3, -0.25) is 0 Å². The molecule has 0 fully saturated rings. The van der Waals surface area contributed by atoms with Gasteiger partial charge in [-0.25, -0.2) is 0 Å². The SMILES string of the molecule is [AlH3].[InH3].[InH3].[O]=[Sn].[O]=[Sn]. The number of rotatable bonds is 0. The Balaban J connectivity index is -0.00000000267. The summed E-state index contributed by atoms with van der Waals surface area (Å²) >= 11 is 0.600. The first kappa shape index (κ1) is 31.4. The van der Waals surface area contributed by atoms with Crippen molar-refractivity contribution in [3.8, 4) is 0 Å². The summed E-state index contributed by atoms with van der Waals surface area (Å²) in [6.45, 7) is 0. The quantitative estimate of drug-likeness (QED) is 0.294. The molecular weight excluding hydrogens is 526 g/mol. The molecule has 0 spiro atoms. The van der Waals surface area contributed by atoms with Crippen molar-refractivity contribution < 1.29 is 6.15 Å². The minimum absolute atomic E-state index is 0. The van der Waals surface area contributed by atoms with Gasteiger partial charge in [-0.1, -0.05) is 0 Å². The normalized spacial score (nSPS) is 1.14. The molecule has 0 aliphatic heterocycles. The summed E-state index contributed by atoms with van der Waals surface area (Å²) in [5, 5.41) is 0. The van der Waals surface area contributed by atoms with Gasteiger partial charge in [0.15, 0.2) is 17.4 Å². The van der Waals surface area contributed by atoms with Gasteiger partial charge in [0.05, 0.1) is 0 Å². The van der Waals surface area contributed by atoms with E-state index in [0.29, 0.717) is 45.0 Å². The molecule has 0 unspecified atom stereocenters. The van der Waals surface area contributed by atoms with Crippen molar-refractivity contribution in [1.29, 1.82) is 0 Å². The third-order valence-electron chi connectivity index (χ3n) is 0. The van der Waals surface area contributed by atoms with Crippen molar-refractivity contribution in [3.63, 3.8) is 0 Å². The monoisotopic (exact) mass is 538 g/mol. The molecule has 0 heterocycles. The predicted octanol–water partition coefficient (Wildman–Crippen LogP) is -4.55. The summed E-state index contributed by atoms with van der Waals surface area (Å²) < 4.78 is 16.7. The van der Waals surface area contributed by atoms with Crippen molar-refractivity contribution in [2.24, 2.45) is 0 Å². The zero-order valence-electron chi connectivity index (χ0n) is 1.82.